The highest BCUT2D eigenvalue weighted by molar-refractivity contribution is 9.10. The Bertz CT molecular complexity index is 613. The number of hydrogen-bond donors (Lipinski definition) is 1. The van der Waals surface area contributed by atoms with Crippen LogP contribution in [0.4, 0.5) is 4.79 Å². The lowest BCUT2D eigenvalue weighted by Crippen LogP contribution is -2.37. The number of ether oxygens (including phenoxy) is 1. The maximum absolute atomic E-state index is 12.3. The third-order valence-electron chi connectivity index (χ3n) is 4.04. The summed E-state index contributed by atoms with van der Waals surface area (Å²) in [6, 6.07) is 8.20. The molecule has 5 nitrogen and oxygen atoms in total. The second-order valence-electron chi connectivity index (χ2n) is 7.44. The summed E-state index contributed by atoms with van der Waals surface area (Å²) in [5.41, 5.74) is 0.740. The molecule has 1 unspecified atom stereocenters. The predicted octanol–water partition coefficient (Wildman–Crippen LogP) is 3.75. The van der Waals surface area contributed by atoms with E-state index in [0.29, 0.717) is 26.1 Å². The zero-order valence-electron chi connectivity index (χ0n) is 15.2. The van der Waals surface area contributed by atoms with Crippen molar-refractivity contribution >= 4 is 27.9 Å². The number of likely N-dealkylation sites (tertiary alicyclic amines) is 1. The van der Waals surface area contributed by atoms with Crippen molar-refractivity contribution in [2.24, 2.45) is 5.92 Å². The Kier molecular flexibility index (Phi) is 6.87. The van der Waals surface area contributed by atoms with Crippen LogP contribution in [0.25, 0.3) is 0 Å². The number of carbonyl (C=O) groups is 2. The first-order valence-electron chi connectivity index (χ1n) is 8.75. The molecule has 0 aromatic heterocycles. The fraction of sp³-hybridized carbons (Fsp3) is 0.579. The molecule has 0 radical (unpaired) electrons. The third kappa shape index (κ3) is 6.69. The predicted molar refractivity (Wildman–Crippen MR) is 101 cm³/mol. The van der Waals surface area contributed by atoms with Crippen LogP contribution >= 0.6 is 15.9 Å². The van der Waals surface area contributed by atoms with E-state index in [0.717, 1.165) is 17.3 Å². The molecule has 6 heteroatoms. The molecule has 1 saturated heterocycles. The van der Waals surface area contributed by atoms with E-state index in [2.05, 4.69) is 33.4 Å². The summed E-state index contributed by atoms with van der Waals surface area (Å²) in [6.07, 6.45) is 2.17. The van der Waals surface area contributed by atoms with Crippen LogP contribution < -0.4 is 5.32 Å². The monoisotopic (exact) mass is 410 g/mol. The van der Waals surface area contributed by atoms with Gasteiger partial charge in [0.2, 0.25) is 5.91 Å². The minimum absolute atomic E-state index is 0.0281. The molecule has 1 fully saturated rings. The number of halogens is 1. The highest BCUT2D eigenvalue weighted by atomic mass is 79.9. The van der Waals surface area contributed by atoms with Gasteiger partial charge in [-0.1, -0.05) is 28.1 Å². The number of aryl methyl sites for hydroxylation is 1. The number of hydrogen-bond acceptors (Lipinski definition) is 3. The maximum Gasteiger partial charge on any atom is 0.410 e. The molecular formula is C19H27BrN2O3. The van der Waals surface area contributed by atoms with Gasteiger partial charge in [0.15, 0.2) is 0 Å². The molecule has 0 bridgehead atoms. The fourth-order valence-corrected chi connectivity index (χ4v) is 3.25. The zero-order chi connectivity index (χ0) is 18.4. The first kappa shape index (κ1) is 19.8. The van der Waals surface area contributed by atoms with Crippen LogP contribution in [0.3, 0.4) is 0 Å². The second kappa shape index (κ2) is 8.70. The number of rotatable bonds is 5. The third-order valence-corrected chi connectivity index (χ3v) is 4.53. The van der Waals surface area contributed by atoms with Gasteiger partial charge in [-0.05, 0) is 57.7 Å². The van der Waals surface area contributed by atoms with Crippen LogP contribution in [0, 0.1) is 5.92 Å². The van der Waals surface area contributed by atoms with Gasteiger partial charge in [0.05, 0.1) is 5.92 Å². The summed E-state index contributed by atoms with van der Waals surface area (Å²) < 4.78 is 6.43. The smallest absolute Gasteiger partial charge is 0.410 e. The molecule has 138 valence electrons. The molecule has 1 aromatic rings. The first-order valence-corrected chi connectivity index (χ1v) is 9.54. The SMILES string of the molecule is CC(C)(C)OC(=O)N1CCC(C(=O)NCCCc2cccc(Br)c2)C1. The van der Waals surface area contributed by atoms with E-state index in [4.69, 9.17) is 4.74 Å². The van der Waals surface area contributed by atoms with Crippen molar-refractivity contribution in [2.75, 3.05) is 19.6 Å². The molecule has 0 spiro atoms. The van der Waals surface area contributed by atoms with E-state index in [1.54, 1.807) is 4.90 Å². The van der Waals surface area contributed by atoms with Crippen molar-refractivity contribution in [3.05, 3.63) is 34.3 Å². The van der Waals surface area contributed by atoms with Gasteiger partial charge in [0.1, 0.15) is 5.60 Å². The van der Waals surface area contributed by atoms with Crippen molar-refractivity contribution < 1.29 is 14.3 Å². The molecule has 1 heterocycles. The van der Waals surface area contributed by atoms with E-state index >= 15 is 0 Å². The number of nitrogens with zero attached hydrogens (tertiary/aromatic N) is 1. The highest BCUT2D eigenvalue weighted by Gasteiger charge is 2.33. The molecule has 1 aromatic carbocycles. The van der Waals surface area contributed by atoms with Crippen LogP contribution in [0.5, 0.6) is 0 Å². The van der Waals surface area contributed by atoms with Gasteiger partial charge in [-0.3, -0.25) is 4.79 Å². The second-order valence-corrected chi connectivity index (χ2v) is 8.35. The summed E-state index contributed by atoms with van der Waals surface area (Å²) in [6.45, 7) is 7.19. The van der Waals surface area contributed by atoms with Crippen molar-refractivity contribution in [3.8, 4) is 0 Å². The van der Waals surface area contributed by atoms with Crippen molar-refractivity contribution in [1.82, 2.24) is 10.2 Å². The highest BCUT2D eigenvalue weighted by Crippen LogP contribution is 2.19. The van der Waals surface area contributed by atoms with Crippen LogP contribution in [0.1, 0.15) is 39.2 Å². The average molecular weight is 411 g/mol. The Morgan fingerprint density at radius 3 is 2.80 bits per heavy atom. The summed E-state index contributed by atoms with van der Waals surface area (Å²) in [4.78, 5) is 25.9. The Balaban J connectivity index is 1.69. The van der Waals surface area contributed by atoms with Gasteiger partial charge in [0.25, 0.3) is 0 Å². The van der Waals surface area contributed by atoms with E-state index in [9.17, 15) is 9.59 Å². The topological polar surface area (TPSA) is 58.6 Å². The molecule has 1 N–H and O–H groups in total. The standard InChI is InChI=1S/C19H27BrN2O3/c1-19(2,3)25-18(24)22-11-9-15(13-22)17(23)21-10-5-7-14-6-4-8-16(20)12-14/h4,6,8,12,15H,5,7,9-11,13H2,1-3H3,(H,21,23). The molecule has 1 aliphatic rings. The quantitative estimate of drug-likeness (QED) is 0.751. The maximum atomic E-state index is 12.3. The fourth-order valence-electron chi connectivity index (χ4n) is 2.81. The van der Waals surface area contributed by atoms with Gasteiger partial charge >= 0.3 is 6.09 Å². The van der Waals surface area contributed by atoms with E-state index in [-0.39, 0.29) is 17.9 Å². The molecule has 1 aliphatic heterocycles. The lowest BCUT2D eigenvalue weighted by atomic mass is 10.1. The molecular weight excluding hydrogens is 384 g/mol. The van der Waals surface area contributed by atoms with Crippen molar-refractivity contribution in [1.29, 1.82) is 0 Å². The average Bonchev–Trinajstić information content (AvgIpc) is 3.00. The van der Waals surface area contributed by atoms with Crippen LogP contribution in [0.15, 0.2) is 28.7 Å². The zero-order valence-corrected chi connectivity index (χ0v) is 16.8. The summed E-state index contributed by atoms with van der Waals surface area (Å²) in [5, 5.41) is 2.99. The van der Waals surface area contributed by atoms with Crippen molar-refractivity contribution in [3.63, 3.8) is 0 Å². The van der Waals surface area contributed by atoms with Gasteiger partial charge in [-0.2, -0.15) is 0 Å². The summed E-state index contributed by atoms with van der Waals surface area (Å²) in [7, 11) is 0. The Labute approximate surface area is 158 Å². The number of nitrogens with one attached hydrogen (secondary N) is 1. The first-order chi connectivity index (χ1) is 11.7. The van der Waals surface area contributed by atoms with Gasteiger partial charge in [0, 0.05) is 24.1 Å². The van der Waals surface area contributed by atoms with Crippen LogP contribution in [0.2, 0.25) is 0 Å². The Morgan fingerprint density at radius 1 is 1.36 bits per heavy atom. The van der Waals surface area contributed by atoms with E-state index < -0.39 is 5.60 Å². The minimum Gasteiger partial charge on any atom is -0.444 e. The van der Waals surface area contributed by atoms with Crippen LogP contribution in [-0.2, 0) is 16.0 Å². The Morgan fingerprint density at radius 2 is 2.12 bits per heavy atom. The number of benzene rings is 1. The van der Waals surface area contributed by atoms with Gasteiger partial charge in [-0.25, -0.2) is 4.79 Å². The molecule has 0 aliphatic carbocycles. The minimum atomic E-state index is -0.510. The molecule has 2 rings (SSSR count). The van der Waals surface area contributed by atoms with Crippen molar-refractivity contribution in [2.45, 2.75) is 45.6 Å². The Hall–Kier alpha value is -1.56. The van der Waals surface area contributed by atoms with E-state index in [1.165, 1.54) is 5.56 Å². The summed E-state index contributed by atoms with van der Waals surface area (Å²) >= 11 is 3.46. The largest absolute Gasteiger partial charge is 0.444 e. The van der Waals surface area contributed by atoms with Gasteiger partial charge in [-0.15, -0.1) is 0 Å². The van der Waals surface area contributed by atoms with Gasteiger partial charge < -0.3 is 15.0 Å². The molecule has 1 atom stereocenters. The normalized spacial score (nSPS) is 17.4. The molecule has 25 heavy (non-hydrogen) atoms. The lowest BCUT2D eigenvalue weighted by Gasteiger charge is -2.24. The number of carbonyl (C=O) groups excluding carboxylic acids is 2. The van der Waals surface area contributed by atoms with E-state index in [1.807, 2.05) is 32.9 Å². The summed E-state index contributed by atoms with van der Waals surface area (Å²) in [5.74, 6) is -0.112. The molecule has 2 amide bonds. The molecule has 0 saturated carbocycles. The lowest BCUT2D eigenvalue weighted by molar-refractivity contribution is -0.124. The van der Waals surface area contributed by atoms with Crippen LogP contribution in [-0.4, -0.2) is 42.1 Å². The number of amides is 2.